The van der Waals surface area contributed by atoms with Gasteiger partial charge in [-0.25, -0.2) is 0 Å². The molecule has 2 nitrogen and oxygen atoms in total. The number of unbranched alkanes of at least 4 members (excludes halogenated alkanes) is 1. The predicted octanol–water partition coefficient (Wildman–Crippen LogP) is 5.54. The highest BCUT2D eigenvalue weighted by molar-refractivity contribution is 9.10. The van der Waals surface area contributed by atoms with E-state index in [0.717, 1.165) is 36.3 Å². The fraction of sp³-hybridized carbons (Fsp3) is 0.667. The molecule has 0 aliphatic carbocycles. The maximum absolute atomic E-state index is 6.11. The summed E-state index contributed by atoms with van der Waals surface area (Å²) in [5.41, 5.74) is 1.24. The van der Waals surface area contributed by atoms with Crippen LogP contribution in [0.5, 0.6) is 5.75 Å². The first kappa shape index (κ1) is 18.5. The molecule has 0 aliphatic rings. The van der Waals surface area contributed by atoms with Crippen molar-refractivity contribution in [2.75, 3.05) is 13.2 Å². The lowest BCUT2D eigenvalue weighted by Gasteiger charge is -2.18. The molecule has 1 unspecified atom stereocenters. The number of hydrogen-bond acceptors (Lipinski definition) is 2. The van der Waals surface area contributed by atoms with Gasteiger partial charge in [0.15, 0.2) is 0 Å². The summed E-state index contributed by atoms with van der Waals surface area (Å²) in [6.07, 6.45) is 6.18. The molecule has 0 heterocycles. The van der Waals surface area contributed by atoms with Crippen LogP contribution in [0.25, 0.3) is 0 Å². The Morgan fingerprint density at radius 1 is 1.19 bits per heavy atom. The third-order valence-corrected chi connectivity index (χ3v) is 4.28. The van der Waals surface area contributed by atoms with Crippen molar-refractivity contribution in [3.63, 3.8) is 0 Å². The minimum atomic E-state index is 0.671. The molecule has 0 aromatic heterocycles. The van der Waals surface area contributed by atoms with Gasteiger partial charge in [0, 0.05) is 16.6 Å². The van der Waals surface area contributed by atoms with Crippen molar-refractivity contribution in [3.05, 3.63) is 28.2 Å². The summed E-state index contributed by atoms with van der Waals surface area (Å²) < 4.78 is 7.22. The molecule has 1 N–H and O–H groups in total. The molecule has 3 heteroatoms. The first-order chi connectivity index (χ1) is 10.2. The average Bonchev–Trinajstić information content (AvgIpc) is 2.49. The third kappa shape index (κ3) is 7.32. The van der Waals surface area contributed by atoms with Crippen molar-refractivity contribution in [2.24, 2.45) is 5.92 Å². The molecule has 120 valence electrons. The van der Waals surface area contributed by atoms with Gasteiger partial charge in [0.1, 0.15) is 5.75 Å². The van der Waals surface area contributed by atoms with E-state index in [-0.39, 0.29) is 0 Å². The van der Waals surface area contributed by atoms with Crippen molar-refractivity contribution >= 4 is 15.9 Å². The Kier molecular flexibility index (Phi) is 9.77. The van der Waals surface area contributed by atoms with E-state index in [1.165, 1.54) is 31.2 Å². The van der Waals surface area contributed by atoms with Gasteiger partial charge in [0.2, 0.25) is 0 Å². The standard InChI is InChI=1S/C18H30BrNO/c1-4-7-8-15(6-3)14-21-18-10-9-17(19)12-16(18)13-20-11-5-2/h9-10,12,15,20H,4-8,11,13-14H2,1-3H3. The summed E-state index contributed by atoms with van der Waals surface area (Å²) >= 11 is 3.55. The van der Waals surface area contributed by atoms with E-state index >= 15 is 0 Å². The fourth-order valence-electron chi connectivity index (χ4n) is 2.33. The molecule has 0 saturated carbocycles. The SMILES string of the molecule is CCCCC(CC)COc1ccc(Br)cc1CNCCC. The minimum absolute atomic E-state index is 0.671. The zero-order valence-electron chi connectivity index (χ0n) is 13.8. The van der Waals surface area contributed by atoms with Crippen molar-refractivity contribution in [3.8, 4) is 5.75 Å². The summed E-state index contributed by atoms with van der Waals surface area (Å²) in [4.78, 5) is 0. The fourth-order valence-corrected chi connectivity index (χ4v) is 2.74. The summed E-state index contributed by atoms with van der Waals surface area (Å²) in [5, 5.41) is 3.45. The van der Waals surface area contributed by atoms with E-state index in [1.807, 2.05) is 0 Å². The van der Waals surface area contributed by atoms with Crippen molar-refractivity contribution < 1.29 is 4.74 Å². The first-order valence-electron chi connectivity index (χ1n) is 8.33. The summed E-state index contributed by atoms with van der Waals surface area (Å²) in [5.74, 6) is 1.70. The maximum atomic E-state index is 6.11. The molecule has 1 aromatic carbocycles. The van der Waals surface area contributed by atoms with E-state index in [0.29, 0.717) is 5.92 Å². The second kappa shape index (κ2) is 11.1. The Balaban J connectivity index is 2.59. The average molecular weight is 356 g/mol. The van der Waals surface area contributed by atoms with E-state index < -0.39 is 0 Å². The number of nitrogens with one attached hydrogen (secondary N) is 1. The molecule has 0 saturated heterocycles. The minimum Gasteiger partial charge on any atom is -0.493 e. The van der Waals surface area contributed by atoms with Crippen LogP contribution in [-0.2, 0) is 6.54 Å². The summed E-state index contributed by atoms with van der Waals surface area (Å²) in [6, 6.07) is 6.30. The molecule has 0 spiro atoms. The van der Waals surface area contributed by atoms with Gasteiger partial charge in [0.25, 0.3) is 0 Å². The summed E-state index contributed by atoms with van der Waals surface area (Å²) in [7, 11) is 0. The molecule has 21 heavy (non-hydrogen) atoms. The Morgan fingerprint density at radius 2 is 2.00 bits per heavy atom. The summed E-state index contributed by atoms with van der Waals surface area (Å²) in [6.45, 7) is 9.44. The second-order valence-corrected chi connectivity index (χ2v) is 6.57. The van der Waals surface area contributed by atoms with Crippen molar-refractivity contribution in [1.82, 2.24) is 5.32 Å². The van der Waals surface area contributed by atoms with Crippen LogP contribution in [0.2, 0.25) is 0 Å². The molecular weight excluding hydrogens is 326 g/mol. The smallest absolute Gasteiger partial charge is 0.123 e. The van der Waals surface area contributed by atoms with Gasteiger partial charge >= 0.3 is 0 Å². The molecule has 1 aromatic rings. The molecular formula is C18H30BrNO. The van der Waals surface area contributed by atoms with Crippen molar-refractivity contribution in [2.45, 2.75) is 59.4 Å². The lowest BCUT2D eigenvalue weighted by molar-refractivity contribution is 0.231. The van der Waals surface area contributed by atoms with Crippen LogP contribution in [0.4, 0.5) is 0 Å². The monoisotopic (exact) mass is 355 g/mol. The highest BCUT2D eigenvalue weighted by Crippen LogP contribution is 2.24. The van der Waals surface area contributed by atoms with Crippen LogP contribution in [0.15, 0.2) is 22.7 Å². The van der Waals surface area contributed by atoms with E-state index in [4.69, 9.17) is 4.74 Å². The van der Waals surface area contributed by atoms with E-state index in [9.17, 15) is 0 Å². The van der Waals surface area contributed by atoms with E-state index in [1.54, 1.807) is 0 Å². The van der Waals surface area contributed by atoms with Gasteiger partial charge < -0.3 is 10.1 Å². The molecule has 0 aliphatic heterocycles. The largest absolute Gasteiger partial charge is 0.493 e. The highest BCUT2D eigenvalue weighted by Gasteiger charge is 2.09. The molecule has 0 radical (unpaired) electrons. The van der Waals surface area contributed by atoms with Crippen LogP contribution in [0.3, 0.4) is 0 Å². The topological polar surface area (TPSA) is 21.3 Å². The second-order valence-electron chi connectivity index (χ2n) is 5.66. The number of rotatable bonds is 11. The molecule has 1 rings (SSSR count). The molecule has 0 bridgehead atoms. The van der Waals surface area contributed by atoms with Crippen LogP contribution in [0.1, 0.15) is 58.4 Å². The van der Waals surface area contributed by atoms with Gasteiger partial charge in [0.05, 0.1) is 6.61 Å². The normalized spacial score (nSPS) is 12.4. The maximum Gasteiger partial charge on any atom is 0.123 e. The van der Waals surface area contributed by atoms with Gasteiger partial charge in [-0.15, -0.1) is 0 Å². The number of benzene rings is 1. The van der Waals surface area contributed by atoms with Crippen LogP contribution < -0.4 is 10.1 Å². The van der Waals surface area contributed by atoms with Gasteiger partial charge in [-0.2, -0.15) is 0 Å². The Labute approximate surface area is 138 Å². The number of halogens is 1. The Morgan fingerprint density at radius 3 is 2.67 bits per heavy atom. The molecule has 0 amide bonds. The quantitative estimate of drug-likeness (QED) is 0.525. The van der Waals surface area contributed by atoms with Gasteiger partial charge in [-0.3, -0.25) is 0 Å². The van der Waals surface area contributed by atoms with E-state index in [2.05, 4.69) is 60.2 Å². The third-order valence-electron chi connectivity index (χ3n) is 3.78. The molecule has 1 atom stereocenters. The molecule has 0 fully saturated rings. The Hall–Kier alpha value is -0.540. The zero-order chi connectivity index (χ0) is 15.5. The van der Waals surface area contributed by atoms with Crippen LogP contribution in [0, 0.1) is 5.92 Å². The van der Waals surface area contributed by atoms with Gasteiger partial charge in [-0.05, 0) is 43.5 Å². The van der Waals surface area contributed by atoms with Gasteiger partial charge in [-0.1, -0.05) is 56.0 Å². The number of ether oxygens (including phenoxy) is 1. The Bertz CT molecular complexity index is 395. The highest BCUT2D eigenvalue weighted by atomic mass is 79.9. The predicted molar refractivity (Wildman–Crippen MR) is 94.9 cm³/mol. The van der Waals surface area contributed by atoms with Crippen LogP contribution in [-0.4, -0.2) is 13.2 Å². The lowest BCUT2D eigenvalue weighted by Crippen LogP contribution is -2.16. The number of hydrogen-bond donors (Lipinski definition) is 1. The zero-order valence-corrected chi connectivity index (χ0v) is 15.3. The first-order valence-corrected chi connectivity index (χ1v) is 9.12. The van der Waals surface area contributed by atoms with Crippen molar-refractivity contribution in [1.29, 1.82) is 0 Å². The lowest BCUT2D eigenvalue weighted by atomic mass is 10.0. The van der Waals surface area contributed by atoms with Crippen LogP contribution >= 0.6 is 15.9 Å².